The van der Waals surface area contributed by atoms with Crippen LogP contribution in [-0.4, -0.2) is 5.11 Å². The maximum atomic E-state index is 10.1. The van der Waals surface area contributed by atoms with Gasteiger partial charge in [0.2, 0.25) is 0 Å². The first-order valence-corrected chi connectivity index (χ1v) is 6.03. The van der Waals surface area contributed by atoms with Gasteiger partial charge in [0, 0.05) is 0 Å². The lowest BCUT2D eigenvalue weighted by molar-refractivity contribution is 0.164. The maximum absolute atomic E-state index is 10.1. The van der Waals surface area contributed by atoms with E-state index in [1.54, 1.807) is 0 Å². The summed E-state index contributed by atoms with van der Waals surface area (Å²) in [5, 5.41) is 10.1. The predicted molar refractivity (Wildman–Crippen MR) is 65.1 cm³/mol. The minimum Gasteiger partial charge on any atom is -0.388 e. The molecule has 84 valence electrons. The van der Waals surface area contributed by atoms with E-state index in [0.29, 0.717) is 0 Å². The zero-order valence-corrected chi connectivity index (χ0v) is 10.1. The van der Waals surface area contributed by atoms with Gasteiger partial charge in [-0.1, -0.05) is 45.4 Å². The second-order valence-corrected chi connectivity index (χ2v) is 4.00. The Balaban J connectivity index is 3.09. The summed E-state index contributed by atoms with van der Waals surface area (Å²) in [6.07, 6.45) is 3.63. The molecule has 1 unspecified atom stereocenters. The molecule has 1 atom stereocenters. The van der Waals surface area contributed by atoms with Crippen molar-refractivity contribution < 1.29 is 5.11 Å². The fourth-order valence-corrected chi connectivity index (χ4v) is 2.13. The number of aryl methyl sites for hydroxylation is 2. The van der Waals surface area contributed by atoms with Gasteiger partial charge in [-0.2, -0.15) is 0 Å². The Morgan fingerprint density at radius 1 is 1.07 bits per heavy atom. The molecule has 0 bridgehead atoms. The van der Waals surface area contributed by atoms with Crippen LogP contribution in [0.4, 0.5) is 0 Å². The molecule has 0 radical (unpaired) electrons. The molecule has 1 aromatic rings. The van der Waals surface area contributed by atoms with Crippen molar-refractivity contribution in [2.75, 3.05) is 0 Å². The first-order chi connectivity index (χ1) is 7.24. The molecular formula is C14H22O. The van der Waals surface area contributed by atoms with Crippen molar-refractivity contribution in [3.63, 3.8) is 0 Å². The normalized spacial score (nSPS) is 12.8. The summed E-state index contributed by atoms with van der Waals surface area (Å²) in [5.74, 6) is 0. The first kappa shape index (κ1) is 12.3. The second kappa shape index (κ2) is 5.92. The van der Waals surface area contributed by atoms with Crippen molar-refractivity contribution in [2.24, 2.45) is 0 Å². The topological polar surface area (TPSA) is 20.2 Å². The highest BCUT2D eigenvalue weighted by molar-refractivity contribution is 5.37. The first-order valence-electron chi connectivity index (χ1n) is 6.03. The van der Waals surface area contributed by atoms with E-state index in [9.17, 15) is 5.11 Å². The van der Waals surface area contributed by atoms with Crippen LogP contribution in [0.5, 0.6) is 0 Å². The van der Waals surface area contributed by atoms with E-state index in [4.69, 9.17) is 0 Å². The molecule has 1 aromatic carbocycles. The fourth-order valence-electron chi connectivity index (χ4n) is 2.13. The summed E-state index contributed by atoms with van der Waals surface area (Å²) in [7, 11) is 0. The van der Waals surface area contributed by atoms with Crippen LogP contribution in [0.2, 0.25) is 0 Å². The highest BCUT2D eigenvalue weighted by Crippen LogP contribution is 2.26. The average Bonchev–Trinajstić information content (AvgIpc) is 2.28. The molecule has 0 amide bonds. The van der Waals surface area contributed by atoms with E-state index in [1.165, 1.54) is 16.7 Å². The molecule has 0 saturated carbocycles. The van der Waals surface area contributed by atoms with Crippen LogP contribution in [0.1, 0.15) is 56.4 Å². The molecule has 1 nitrogen and oxygen atoms in total. The molecule has 0 aliphatic carbocycles. The predicted octanol–water partition coefficient (Wildman–Crippen LogP) is 3.64. The summed E-state index contributed by atoms with van der Waals surface area (Å²) < 4.78 is 0. The molecule has 0 saturated heterocycles. The number of benzene rings is 1. The van der Waals surface area contributed by atoms with Crippen molar-refractivity contribution in [1.82, 2.24) is 0 Å². The number of hydrogen-bond acceptors (Lipinski definition) is 1. The van der Waals surface area contributed by atoms with Gasteiger partial charge in [-0.05, 0) is 36.0 Å². The van der Waals surface area contributed by atoms with Crippen LogP contribution in [0.25, 0.3) is 0 Å². The van der Waals surface area contributed by atoms with Gasteiger partial charge in [-0.25, -0.2) is 0 Å². The van der Waals surface area contributed by atoms with Crippen molar-refractivity contribution in [3.05, 3.63) is 34.9 Å². The van der Waals surface area contributed by atoms with E-state index in [-0.39, 0.29) is 6.10 Å². The van der Waals surface area contributed by atoms with Crippen LogP contribution >= 0.6 is 0 Å². The summed E-state index contributed by atoms with van der Waals surface area (Å²) >= 11 is 0. The lowest BCUT2D eigenvalue weighted by Gasteiger charge is -2.18. The van der Waals surface area contributed by atoms with Crippen molar-refractivity contribution in [3.8, 4) is 0 Å². The average molecular weight is 206 g/mol. The minimum atomic E-state index is -0.277. The SMILES string of the molecule is CCCC(O)c1c(CC)cccc1CC. The van der Waals surface area contributed by atoms with Crippen LogP contribution in [0.15, 0.2) is 18.2 Å². The highest BCUT2D eigenvalue weighted by Gasteiger charge is 2.13. The van der Waals surface area contributed by atoms with Gasteiger partial charge in [0.15, 0.2) is 0 Å². The van der Waals surface area contributed by atoms with E-state index in [2.05, 4.69) is 39.0 Å². The number of aliphatic hydroxyl groups excluding tert-OH is 1. The van der Waals surface area contributed by atoms with Gasteiger partial charge in [0.1, 0.15) is 0 Å². The molecule has 15 heavy (non-hydrogen) atoms. The number of rotatable bonds is 5. The molecule has 1 rings (SSSR count). The van der Waals surface area contributed by atoms with Gasteiger partial charge in [0.25, 0.3) is 0 Å². The van der Waals surface area contributed by atoms with E-state index >= 15 is 0 Å². The third-order valence-corrected chi connectivity index (χ3v) is 2.94. The minimum absolute atomic E-state index is 0.277. The fraction of sp³-hybridized carbons (Fsp3) is 0.571. The standard InChI is InChI=1S/C14H22O/c1-4-8-13(15)14-11(5-2)9-7-10-12(14)6-3/h7,9-10,13,15H,4-6,8H2,1-3H3. The highest BCUT2D eigenvalue weighted by atomic mass is 16.3. The van der Waals surface area contributed by atoms with Gasteiger partial charge in [-0.3, -0.25) is 0 Å². The van der Waals surface area contributed by atoms with Gasteiger partial charge >= 0.3 is 0 Å². The molecule has 1 N–H and O–H groups in total. The number of aliphatic hydroxyl groups is 1. The summed E-state index contributed by atoms with van der Waals surface area (Å²) in [5.41, 5.74) is 3.79. The molecule has 0 aliphatic heterocycles. The molecule has 0 heterocycles. The molecule has 0 aliphatic rings. The van der Waals surface area contributed by atoms with Crippen LogP contribution in [0, 0.1) is 0 Å². The van der Waals surface area contributed by atoms with E-state index < -0.39 is 0 Å². The Kier molecular flexibility index (Phi) is 4.83. The Morgan fingerprint density at radius 2 is 1.60 bits per heavy atom. The summed E-state index contributed by atoms with van der Waals surface area (Å²) in [6.45, 7) is 6.41. The zero-order chi connectivity index (χ0) is 11.3. The molecule has 1 heteroatoms. The largest absolute Gasteiger partial charge is 0.388 e. The van der Waals surface area contributed by atoms with Crippen LogP contribution < -0.4 is 0 Å². The van der Waals surface area contributed by atoms with Gasteiger partial charge in [-0.15, -0.1) is 0 Å². The smallest absolute Gasteiger partial charge is 0.0795 e. The molecule has 0 spiro atoms. The zero-order valence-electron chi connectivity index (χ0n) is 10.1. The van der Waals surface area contributed by atoms with Crippen LogP contribution in [-0.2, 0) is 12.8 Å². The van der Waals surface area contributed by atoms with E-state index in [1.807, 2.05) is 0 Å². The Bertz CT molecular complexity index is 282. The Labute approximate surface area is 93.1 Å². The maximum Gasteiger partial charge on any atom is 0.0795 e. The quantitative estimate of drug-likeness (QED) is 0.779. The monoisotopic (exact) mass is 206 g/mol. The third-order valence-electron chi connectivity index (χ3n) is 2.94. The van der Waals surface area contributed by atoms with Crippen LogP contribution in [0.3, 0.4) is 0 Å². The molecule has 0 fully saturated rings. The van der Waals surface area contributed by atoms with Gasteiger partial charge < -0.3 is 5.11 Å². The van der Waals surface area contributed by atoms with Crippen molar-refractivity contribution in [1.29, 1.82) is 0 Å². The van der Waals surface area contributed by atoms with E-state index in [0.717, 1.165) is 25.7 Å². The van der Waals surface area contributed by atoms with Crippen molar-refractivity contribution in [2.45, 2.75) is 52.6 Å². The van der Waals surface area contributed by atoms with Gasteiger partial charge in [0.05, 0.1) is 6.10 Å². The third kappa shape index (κ3) is 2.82. The molecule has 0 aromatic heterocycles. The lowest BCUT2D eigenvalue weighted by atomic mass is 9.92. The number of hydrogen-bond donors (Lipinski definition) is 1. The second-order valence-electron chi connectivity index (χ2n) is 4.00. The lowest BCUT2D eigenvalue weighted by Crippen LogP contribution is -2.05. The summed E-state index contributed by atoms with van der Waals surface area (Å²) in [4.78, 5) is 0. The summed E-state index contributed by atoms with van der Waals surface area (Å²) in [6, 6.07) is 6.36. The Morgan fingerprint density at radius 3 is 2.00 bits per heavy atom. The molecular weight excluding hydrogens is 184 g/mol. The van der Waals surface area contributed by atoms with Crippen molar-refractivity contribution >= 4 is 0 Å². The Hall–Kier alpha value is -0.820.